The predicted molar refractivity (Wildman–Crippen MR) is 397 cm³/mol. The van der Waals surface area contributed by atoms with Crippen LogP contribution in [-0.4, -0.2) is 90.3 Å². The molecular formula is C64H60N20O10S7. The highest BCUT2D eigenvalue weighted by atomic mass is 32.2. The standard InChI is InChI=1S/C17H17N5O2S2.C16H15N5O4S2.C16H15N5O2S2.C15H13N5O2S/c1-3-14(24)18-11-7-5-6-10-13(23)9-8-12(15(10)11)19-20-16-21-22-17(26-16)25-4-2;1-2-13(22)19-10-5-3-4-9-14(10)11(20-21-16-18-6-7-26-16)8-12(15(9)23)27-25-24-17;1-3-24-16-21-20-15(25-16)19-18-12-7-8-13(23)10-5-4-6-11(14(10)12)17-9(2)22;1-8-16-15(23-20-8)19-18-12-6-7-13(22)10-4-3-5-11(14(10)12)17-9(2)21/h5-9,23H,3-4H2,1-2H3,(H,18,24);3-8,23H,2,17H2,1H3,(H,19,22);4-8,23H,3H2,1-2H3,(H,17,22);3-7,22H,1-2H3,(H,17,21). The van der Waals surface area contributed by atoms with Crippen LogP contribution in [-0.2, 0) is 28.5 Å². The molecule has 8 aromatic carbocycles. The van der Waals surface area contributed by atoms with Crippen LogP contribution in [0, 0.1) is 6.92 Å². The van der Waals surface area contributed by atoms with Crippen molar-refractivity contribution in [3.05, 3.63) is 133 Å². The van der Waals surface area contributed by atoms with Crippen molar-refractivity contribution < 1.29 is 48.9 Å². The van der Waals surface area contributed by atoms with Crippen LogP contribution in [0.4, 0.5) is 66.0 Å². The van der Waals surface area contributed by atoms with Crippen molar-refractivity contribution in [2.24, 2.45) is 46.8 Å². The molecule has 37 heteroatoms. The molecule has 0 aliphatic heterocycles. The van der Waals surface area contributed by atoms with E-state index in [9.17, 15) is 39.6 Å². The molecule has 0 saturated heterocycles. The number of nitrogens with two attached hydrogens (primary N) is 1. The minimum absolute atomic E-state index is 0.0622. The lowest BCUT2D eigenvalue weighted by atomic mass is 10.1. The van der Waals surface area contributed by atoms with Gasteiger partial charge in [-0.2, -0.15) is 10.3 Å². The smallest absolute Gasteiger partial charge is 0.252 e. The molecule has 101 heavy (non-hydrogen) atoms. The fraction of sp³-hybridized carbons (Fsp3) is 0.172. The van der Waals surface area contributed by atoms with E-state index < -0.39 is 0 Å². The third kappa shape index (κ3) is 20.1. The number of nitrogens with one attached hydrogen (secondary N) is 4. The minimum atomic E-state index is -0.205. The number of aryl methyl sites for hydroxylation is 1. The molecule has 0 atom stereocenters. The van der Waals surface area contributed by atoms with Gasteiger partial charge in [-0.25, -0.2) is 9.97 Å². The van der Waals surface area contributed by atoms with E-state index in [1.165, 1.54) is 47.9 Å². The summed E-state index contributed by atoms with van der Waals surface area (Å²) in [6.45, 7) is 12.2. The van der Waals surface area contributed by atoms with E-state index in [4.69, 9.17) is 5.90 Å². The SMILES string of the molecule is CC(=O)Nc1cccc2c(O)ccc(N=Nc3nc(C)ns3)c12.CCC(=O)Nc1cccc2c(O)c(SOON)cc(N=Nc3nccs3)c12.CCSc1nnc(N=Nc2ccc(O)c3cccc(NC(=O)CC)c23)s1.CCSc1nnc(N=Nc2ccc(O)c3cccc(NC(C)=O)c23)s1. The topological polar surface area (TPSA) is 431 Å². The number of thioether (sulfide) groups is 2. The molecule has 0 aliphatic carbocycles. The lowest BCUT2D eigenvalue weighted by Gasteiger charge is -2.13. The minimum Gasteiger partial charge on any atom is -0.507 e. The Kier molecular flexibility index (Phi) is 27.1. The Bertz CT molecular complexity index is 5070. The summed E-state index contributed by atoms with van der Waals surface area (Å²) < 4.78 is 10.4. The number of phenols is 4. The monoisotopic (exact) mass is 1490 g/mol. The van der Waals surface area contributed by atoms with Gasteiger partial charge in [0.25, 0.3) is 10.3 Å². The second-order valence-corrected chi connectivity index (χ2v) is 27.5. The van der Waals surface area contributed by atoms with Gasteiger partial charge in [0.1, 0.15) is 28.8 Å². The lowest BCUT2D eigenvalue weighted by Crippen LogP contribution is -2.09. The Balaban J connectivity index is 0.000000157. The number of aromatic nitrogens is 7. The summed E-state index contributed by atoms with van der Waals surface area (Å²) in [5, 5.41) is 110. The average molecular weight is 1490 g/mol. The maximum absolute atomic E-state index is 11.9. The van der Waals surface area contributed by atoms with Crippen molar-refractivity contribution in [1.82, 2.24) is 34.7 Å². The molecule has 0 fully saturated rings. The summed E-state index contributed by atoms with van der Waals surface area (Å²) in [7, 11) is 0. The number of carbonyl (C=O) groups excluding carboxylic acids is 4. The Morgan fingerprint density at radius 3 is 1.33 bits per heavy atom. The molecule has 0 bridgehead atoms. The molecule has 0 radical (unpaired) electrons. The average Bonchev–Trinajstić information content (AvgIpc) is 0.988. The van der Waals surface area contributed by atoms with E-state index in [-0.39, 0.29) is 46.6 Å². The quantitative estimate of drug-likeness (QED) is 0.0106. The number of hydrogen-bond acceptors (Lipinski definition) is 33. The second-order valence-electron chi connectivity index (χ2n) is 20.2. The Labute approximate surface area is 603 Å². The van der Waals surface area contributed by atoms with Crippen molar-refractivity contribution in [1.29, 1.82) is 0 Å². The zero-order valence-corrected chi connectivity index (χ0v) is 60.0. The Hall–Kier alpha value is -10.5. The van der Waals surface area contributed by atoms with Gasteiger partial charge >= 0.3 is 0 Å². The maximum Gasteiger partial charge on any atom is 0.252 e. The number of thiazole rings is 1. The van der Waals surface area contributed by atoms with Crippen molar-refractivity contribution in [3.63, 3.8) is 0 Å². The molecule has 10 N–H and O–H groups in total. The molecule has 4 aromatic heterocycles. The number of amides is 4. The fourth-order valence-electron chi connectivity index (χ4n) is 9.09. The van der Waals surface area contributed by atoms with Crippen LogP contribution < -0.4 is 27.2 Å². The number of aromatic hydroxyl groups is 4. The normalized spacial score (nSPS) is 11.3. The van der Waals surface area contributed by atoms with Crippen molar-refractivity contribution in [2.45, 2.75) is 74.9 Å². The zero-order chi connectivity index (χ0) is 72.0. The largest absolute Gasteiger partial charge is 0.507 e. The third-order valence-electron chi connectivity index (χ3n) is 13.3. The number of phenolic OH excluding ortho intramolecular Hbond substituents is 4. The highest BCUT2D eigenvalue weighted by Gasteiger charge is 2.19. The summed E-state index contributed by atoms with van der Waals surface area (Å²) >= 11 is 9.12. The van der Waals surface area contributed by atoms with Crippen LogP contribution in [0.2, 0.25) is 0 Å². The van der Waals surface area contributed by atoms with Crippen LogP contribution in [0.15, 0.2) is 181 Å². The first-order chi connectivity index (χ1) is 48.9. The number of nitrogens with zero attached hydrogens (tertiary/aromatic N) is 15. The lowest BCUT2D eigenvalue weighted by molar-refractivity contribution is -0.195. The van der Waals surface area contributed by atoms with Gasteiger partial charge in [0, 0.05) is 92.9 Å². The molecule has 12 rings (SSSR count). The van der Waals surface area contributed by atoms with Crippen LogP contribution >= 0.6 is 81.1 Å². The molecule has 0 aliphatic rings. The van der Waals surface area contributed by atoms with Crippen LogP contribution in [0.5, 0.6) is 23.0 Å². The van der Waals surface area contributed by atoms with Gasteiger partial charge < -0.3 is 41.7 Å². The van der Waals surface area contributed by atoms with Gasteiger partial charge in [-0.1, -0.05) is 122 Å². The van der Waals surface area contributed by atoms with Gasteiger partial charge in [0.05, 0.1) is 62.4 Å². The summed E-state index contributed by atoms with van der Waals surface area (Å²) in [5.41, 5.74) is 4.21. The first kappa shape index (κ1) is 74.7. The molecule has 30 nitrogen and oxygen atoms in total. The van der Waals surface area contributed by atoms with Crippen molar-refractivity contribution >= 4 is 214 Å². The molecule has 0 spiro atoms. The first-order valence-electron chi connectivity index (χ1n) is 30.1. The molecule has 518 valence electrons. The Morgan fingerprint density at radius 1 is 0.515 bits per heavy atom. The number of hydrogen-bond donors (Lipinski definition) is 9. The van der Waals surface area contributed by atoms with Gasteiger partial charge in [0.15, 0.2) is 8.68 Å². The number of anilines is 4. The molecule has 0 saturated carbocycles. The van der Waals surface area contributed by atoms with E-state index in [1.54, 1.807) is 171 Å². The third-order valence-corrected chi connectivity index (χ3v) is 18.9. The highest BCUT2D eigenvalue weighted by Crippen LogP contribution is 2.46. The number of carbonyl (C=O) groups is 4. The molecule has 0 unspecified atom stereocenters. The fourth-order valence-corrected chi connectivity index (χ4v) is 13.6. The van der Waals surface area contributed by atoms with E-state index in [1.807, 2.05) is 13.8 Å². The summed E-state index contributed by atoms with van der Waals surface area (Å²) in [5.74, 6) is 6.92. The van der Waals surface area contributed by atoms with Gasteiger partial charge in [-0.15, -0.1) is 82.0 Å². The first-order valence-corrected chi connectivity index (χ1v) is 36.1. The summed E-state index contributed by atoms with van der Waals surface area (Å²) in [6.07, 6.45) is 2.29. The number of rotatable bonds is 21. The second kappa shape index (κ2) is 36.6. The van der Waals surface area contributed by atoms with Gasteiger partial charge in [-0.3, -0.25) is 19.2 Å². The van der Waals surface area contributed by atoms with Gasteiger partial charge in [0.2, 0.25) is 33.9 Å². The van der Waals surface area contributed by atoms with Crippen LogP contribution in [0.25, 0.3) is 43.1 Å². The molecule has 4 amide bonds. The van der Waals surface area contributed by atoms with E-state index in [2.05, 4.69) is 106 Å². The number of azo groups is 4. The molecular weight excluding hydrogens is 1430 g/mol. The Morgan fingerprint density at radius 2 is 0.931 bits per heavy atom. The zero-order valence-electron chi connectivity index (χ0n) is 54.3. The van der Waals surface area contributed by atoms with Crippen molar-refractivity contribution in [3.8, 4) is 23.0 Å². The van der Waals surface area contributed by atoms with Crippen molar-refractivity contribution in [2.75, 3.05) is 32.8 Å². The van der Waals surface area contributed by atoms with Crippen LogP contribution in [0.3, 0.4) is 0 Å². The predicted octanol–water partition coefficient (Wildman–Crippen LogP) is 18.8. The summed E-state index contributed by atoms with van der Waals surface area (Å²) in [6, 6.07) is 32.1. The number of benzene rings is 8. The molecule has 12 aromatic rings. The van der Waals surface area contributed by atoms with Gasteiger partial charge in [-0.05, 0) is 85.2 Å². The van der Waals surface area contributed by atoms with E-state index in [0.717, 1.165) is 43.8 Å². The number of fused-ring (bicyclic) bond motifs is 4. The maximum atomic E-state index is 11.9. The highest BCUT2D eigenvalue weighted by molar-refractivity contribution is 8.01. The van der Waals surface area contributed by atoms with E-state index >= 15 is 0 Å². The van der Waals surface area contributed by atoms with E-state index in [0.29, 0.717) is 133 Å². The molecule has 4 heterocycles. The van der Waals surface area contributed by atoms with Crippen LogP contribution in [0.1, 0.15) is 60.2 Å². The summed E-state index contributed by atoms with van der Waals surface area (Å²) in [4.78, 5) is 59.1.